The van der Waals surface area contributed by atoms with Crippen molar-refractivity contribution >= 4 is 5.82 Å². The highest BCUT2D eigenvalue weighted by Crippen LogP contribution is 2.29. The number of halogens is 3. The van der Waals surface area contributed by atoms with E-state index in [9.17, 15) is 22.8 Å². The molecule has 108 valence electrons. The highest BCUT2D eigenvalue weighted by Gasteiger charge is 2.35. The molecule has 7 nitrogen and oxygen atoms in total. The van der Waals surface area contributed by atoms with Crippen molar-refractivity contribution in [3.05, 3.63) is 44.4 Å². The van der Waals surface area contributed by atoms with Gasteiger partial charge in [-0.2, -0.15) is 13.2 Å². The minimum absolute atomic E-state index is 0.0150. The second-order valence-electron chi connectivity index (χ2n) is 3.92. The summed E-state index contributed by atoms with van der Waals surface area (Å²) in [7, 11) is 1.29. The normalized spacial score (nSPS) is 11.6. The molecule has 2 N–H and O–H groups in total. The Morgan fingerprint density at radius 1 is 1.40 bits per heavy atom. The van der Waals surface area contributed by atoms with Crippen LogP contribution in [0.25, 0.3) is 0 Å². The van der Waals surface area contributed by atoms with Crippen LogP contribution in [0.2, 0.25) is 0 Å². The number of hydrogen-bond acceptors (Lipinski definition) is 5. The lowest BCUT2D eigenvalue weighted by Gasteiger charge is -2.04. The SMILES string of the molecule is Cn1c(=O)cc(NCc2cc(C(F)(F)F)on2)[nH]c1=O. The second kappa shape index (κ2) is 4.87. The lowest BCUT2D eigenvalue weighted by Crippen LogP contribution is -2.32. The Morgan fingerprint density at radius 3 is 2.65 bits per heavy atom. The Hall–Kier alpha value is -2.52. The van der Waals surface area contributed by atoms with Gasteiger partial charge in [-0.1, -0.05) is 5.16 Å². The third kappa shape index (κ3) is 2.90. The maximum atomic E-state index is 12.3. The smallest absolute Gasteiger partial charge is 0.366 e. The summed E-state index contributed by atoms with van der Waals surface area (Å²) >= 11 is 0. The summed E-state index contributed by atoms with van der Waals surface area (Å²) in [4.78, 5) is 25.0. The van der Waals surface area contributed by atoms with Crippen LogP contribution in [0.1, 0.15) is 11.5 Å². The molecule has 0 spiro atoms. The van der Waals surface area contributed by atoms with Crippen molar-refractivity contribution in [1.29, 1.82) is 0 Å². The topological polar surface area (TPSA) is 92.9 Å². The van der Waals surface area contributed by atoms with Gasteiger partial charge in [0.15, 0.2) is 0 Å². The quantitative estimate of drug-likeness (QED) is 0.867. The lowest BCUT2D eigenvalue weighted by atomic mass is 10.3. The molecule has 0 aliphatic carbocycles. The molecule has 0 aliphatic heterocycles. The van der Waals surface area contributed by atoms with Crippen LogP contribution in [0.3, 0.4) is 0 Å². The van der Waals surface area contributed by atoms with Gasteiger partial charge in [0.05, 0.1) is 6.54 Å². The average molecular weight is 290 g/mol. The maximum Gasteiger partial charge on any atom is 0.452 e. The van der Waals surface area contributed by atoms with Crippen LogP contribution in [0.4, 0.5) is 19.0 Å². The summed E-state index contributed by atoms with van der Waals surface area (Å²) < 4.78 is 41.8. The summed E-state index contributed by atoms with van der Waals surface area (Å²) in [6.45, 7) is -0.136. The van der Waals surface area contributed by atoms with E-state index < -0.39 is 23.2 Å². The maximum absolute atomic E-state index is 12.3. The Morgan fingerprint density at radius 2 is 2.10 bits per heavy atom. The standard InChI is InChI=1S/C10H9F3N4O3/c1-17-8(18)3-7(15-9(17)19)14-4-5-2-6(20-16-5)10(11,12)13/h2-3,14H,4H2,1H3,(H,15,19). The minimum Gasteiger partial charge on any atom is -0.366 e. The Bertz CT molecular complexity index is 697. The van der Waals surface area contributed by atoms with Crippen LogP contribution in [0.15, 0.2) is 26.2 Å². The van der Waals surface area contributed by atoms with Crippen molar-refractivity contribution in [2.24, 2.45) is 7.05 Å². The van der Waals surface area contributed by atoms with Crippen molar-refractivity contribution in [3.63, 3.8) is 0 Å². The van der Waals surface area contributed by atoms with E-state index in [-0.39, 0.29) is 18.1 Å². The van der Waals surface area contributed by atoms with Gasteiger partial charge in [0, 0.05) is 19.2 Å². The Balaban J connectivity index is 2.12. The molecule has 0 atom stereocenters. The van der Waals surface area contributed by atoms with Gasteiger partial charge in [-0.25, -0.2) is 4.79 Å². The van der Waals surface area contributed by atoms with Crippen molar-refractivity contribution in [2.45, 2.75) is 12.7 Å². The Kier molecular flexibility index (Phi) is 3.38. The number of anilines is 1. The number of aromatic nitrogens is 3. The molecular weight excluding hydrogens is 281 g/mol. The van der Waals surface area contributed by atoms with E-state index in [1.165, 1.54) is 7.05 Å². The molecule has 2 rings (SSSR count). The fourth-order valence-electron chi connectivity index (χ4n) is 1.37. The van der Waals surface area contributed by atoms with Gasteiger partial charge in [0.2, 0.25) is 5.76 Å². The molecule has 0 bridgehead atoms. The first kappa shape index (κ1) is 13.9. The van der Waals surface area contributed by atoms with E-state index in [2.05, 4.69) is 20.0 Å². The average Bonchev–Trinajstić information content (AvgIpc) is 2.82. The molecule has 0 saturated carbocycles. The molecule has 2 aromatic rings. The highest BCUT2D eigenvalue weighted by molar-refractivity contribution is 5.32. The zero-order chi connectivity index (χ0) is 14.9. The largest absolute Gasteiger partial charge is 0.452 e. The molecule has 20 heavy (non-hydrogen) atoms. The zero-order valence-corrected chi connectivity index (χ0v) is 10.1. The monoisotopic (exact) mass is 290 g/mol. The third-order valence-corrected chi connectivity index (χ3v) is 2.44. The van der Waals surface area contributed by atoms with E-state index in [1.54, 1.807) is 0 Å². The minimum atomic E-state index is -4.61. The second-order valence-corrected chi connectivity index (χ2v) is 3.92. The summed E-state index contributed by atoms with van der Waals surface area (Å²) in [5.41, 5.74) is -1.21. The molecule has 10 heteroatoms. The summed E-state index contributed by atoms with van der Waals surface area (Å²) in [6, 6.07) is 1.83. The predicted octanol–water partition coefficient (Wildman–Crippen LogP) is 0.692. The van der Waals surface area contributed by atoms with Crippen LogP contribution in [-0.4, -0.2) is 14.7 Å². The van der Waals surface area contributed by atoms with Crippen molar-refractivity contribution in [2.75, 3.05) is 5.32 Å². The number of rotatable bonds is 3. The van der Waals surface area contributed by atoms with Crippen molar-refractivity contribution < 1.29 is 17.7 Å². The number of aromatic amines is 1. The van der Waals surface area contributed by atoms with Gasteiger partial charge in [0.25, 0.3) is 5.56 Å². The van der Waals surface area contributed by atoms with Gasteiger partial charge >= 0.3 is 11.9 Å². The first-order chi connectivity index (χ1) is 9.27. The molecule has 0 aliphatic rings. The van der Waals surface area contributed by atoms with Crippen LogP contribution in [-0.2, 0) is 19.8 Å². The molecular formula is C10H9F3N4O3. The fraction of sp³-hybridized carbons (Fsp3) is 0.300. The van der Waals surface area contributed by atoms with Gasteiger partial charge in [-0.05, 0) is 0 Å². The first-order valence-corrected chi connectivity index (χ1v) is 5.34. The molecule has 2 heterocycles. The van der Waals surface area contributed by atoms with E-state index in [0.717, 1.165) is 16.7 Å². The number of nitrogens with one attached hydrogen (secondary N) is 2. The summed E-state index contributed by atoms with van der Waals surface area (Å²) in [5.74, 6) is -1.14. The zero-order valence-electron chi connectivity index (χ0n) is 10.1. The summed E-state index contributed by atoms with van der Waals surface area (Å²) in [5, 5.41) is 5.80. The fourth-order valence-corrected chi connectivity index (χ4v) is 1.37. The number of hydrogen-bond donors (Lipinski definition) is 2. The first-order valence-electron chi connectivity index (χ1n) is 5.34. The van der Waals surface area contributed by atoms with Crippen LogP contribution < -0.4 is 16.6 Å². The third-order valence-electron chi connectivity index (χ3n) is 2.44. The number of alkyl halides is 3. The van der Waals surface area contributed by atoms with Gasteiger partial charge in [0.1, 0.15) is 11.5 Å². The molecule has 2 aromatic heterocycles. The molecule has 0 radical (unpaired) electrons. The van der Waals surface area contributed by atoms with E-state index in [4.69, 9.17) is 0 Å². The van der Waals surface area contributed by atoms with Gasteiger partial charge in [-0.15, -0.1) is 0 Å². The summed E-state index contributed by atoms with van der Waals surface area (Å²) in [6.07, 6.45) is -4.61. The predicted molar refractivity (Wildman–Crippen MR) is 61.1 cm³/mol. The highest BCUT2D eigenvalue weighted by atomic mass is 19.4. The molecule has 0 fully saturated rings. The van der Waals surface area contributed by atoms with Crippen LogP contribution >= 0.6 is 0 Å². The van der Waals surface area contributed by atoms with Gasteiger partial charge < -0.3 is 9.84 Å². The van der Waals surface area contributed by atoms with Crippen molar-refractivity contribution in [3.8, 4) is 0 Å². The molecule has 0 unspecified atom stereocenters. The molecule has 0 saturated heterocycles. The molecule has 0 aromatic carbocycles. The lowest BCUT2D eigenvalue weighted by molar-refractivity contribution is -0.155. The van der Waals surface area contributed by atoms with Crippen molar-refractivity contribution in [1.82, 2.24) is 14.7 Å². The van der Waals surface area contributed by atoms with Crippen LogP contribution in [0.5, 0.6) is 0 Å². The van der Waals surface area contributed by atoms with Gasteiger partial charge in [-0.3, -0.25) is 14.3 Å². The van der Waals surface area contributed by atoms with Crippen LogP contribution in [0, 0.1) is 0 Å². The van der Waals surface area contributed by atoms with E-state index in [1.807, 2.05) is 0 Å². The molecule has 0 amide bonds. The number of nitrogens with zero attached hydrogens (tertiary/aromatic N) is 2. The number of H-pyrrole nitrogens is 1. The Labute approximate surface area is 109 Å². The van der Waals surface area contributed by atoms with E-state index in [0.29, 0.717) is 0 Å². The van der Waals surface area contributed by atoms with E-state index >= 15 is 0 Å².